The van der Waals surface area contributed by atoms with Gasteiger partial charge in [0.2, 0.25) is 11.8 Å². The van der Waals surface area contributed by atoms with Gasteiger partial charge in [0.05, 0.1) is 12.1 Å². The second kappa shape index (κ2) is 13.2. The summed E-state index contributed by atoms with van der Waals surface area (Å²) in [6.07, 6.45) is 2.01. The molecule has 4 rings (SSSR count). The molecule has 10 heteroatoms. The van der Waals surface area contributed by atoms with Crippen molar-refractivity contribution in [2.24, 2.45) is 5.92 Å². The lowest BCUT2D eigenvalue weighted by Gasteiger charge is -2.34. The van der Waals surface area contributed by atoms with Gasteiger partial charge in [-0.3, -0.25) is 14.5 Å². The van der Waals surface area contributed by atoms with Crippen LogP contribution in [0.15, 0.2) is 48.5 Å². The number of benzene rings is 2. The average Bonchev–Trinajstić information content (AvgIpc) is 3.71. The highest BCUT2D eigenvalue weighted by Gasteiger charge is 2.30. The largest absolute Gasteiger partial charge is 0.456 e. The van der Waals surface area contributed by atoms with E-state index in [9.17, 15) is 19.2 Å². The van der Waals surface area contributed by atoms with E-state index >= 15 is 0 Å². The van der Waals surface area contributed by atoms with Gasteiger partial charge in [0.25, 0.3) is 0 Å². The first-order valence-corrected chi connectivity index (χ1v) is 14.9. The lowest BCUT2D eigenvalue weighted by Crippen LogP contribution is -2.51. The molecule has 0 aromatic heterocycles. The summed E-state index contributed by atoms with van der Waals surface area (Å²) >= 11 is 0. The summed E-state index contributed by atoms with van der Waals surface area (Å²) in [4.78, 5) is 55.2. The van der Waals surface area contributed by atoms with E-state index in [0.717, 1.165) is 30.3 Å². The Hall–Kier alpha value is -3.92. The second-order valence-electron chi connectivity index (χ2n) is 13.4. The van der Waals surface area contributed by atoms with E-state index < -0.39 is 35.2 Å². The van der Waals surface area contributed by atoms with E-state index in [1.165, 1.54) is 12.8 Å². The van der Waals surface area contributed by atoms with Gasteiger partial charge in [0, 0.05) is 37.4 Å². The third-order valence-electron chi connectivity index (χ3n) is 7.00. The average molecular weight is 593 g/mol. The summed E-state index contributed by atoms with van der Waals surface area (Å²) in [5.41, 5.74) is 1.08. The summed E-state index contributed by atoms with van der Waals surface area (Å²) in [7, 11) is 0. The van der Waals surface area contributed by atoms with Crippen LogP contribution in [-0.2, 0) is 25.5 Å². The molecule has 10 nitrogen and oxygen atoms in total. The Labute approximate surface area is 254 Å². The lowest BCUT2D eigenvalue weighted by molar-refractivity contribution is -0.121. The van der Waals surface area contributed by atoms with Gasteiger partial charge >= 0.3 is 12.1 Å². The molecule has 1 atom stereocenters. The molecule has 0 spiro atoms. The topological polar surface area (TPSA) is 117 Å². The van der Waals surface area contributed by atoms with Crippen molar-refractivity contribution in [2.45, 2.75) is 78.0 Å². The molecule has 1 saturated heterocycles. The molecule has 1 aliphatic carbocycles. The number of anilines is 2. The number of rotatable bonds is 9. The van der Waals surface area contributed by atoms with Gasteiger partial charge in [0.15, 0.2) is 0 Å². The Kier molecular flexibility index (Phi) is 9.79. The minimum absolute atomic E-state index is 0.0844. The maximum Gasteiger partial charge on any atom is 0.408 e. The number of carbonyl (C=O) groups excluding carboxylic acids is 4. The molecule has 2 aliphatic rings. The minimum Gasteiger partial charge on any atom is -0.456 e. The summed E-state index contributed by atoms with van der Waals surface area (Å²) in [6.45, 7) is 13.6. The number of hydrogen-bond acceptors (Lipinski definition) is 7. The van der Waals surface area contributed by atoms with Crippen LogP contribution in [0.25, 0.3) is 0 Å². The van der Waals surface area contributed by atoms with Crippen molar-refractivity contribution in [3.8, 4) is 0 Å². The predicted octanol–water partition coefficient (Wildman–Crippen LogP) is 4.78. The van der Waals surface area contributed by atoms with Gasteiger partial charge in [0.1, 0.15) is 17.2 Å². The van der Waals surface area contributed by atoms with Crippen molar-refractivity contribution >= 4 is 35.3 Å². The van der Waals surface area contributed by atoms with E-state index in [0.29, 0.717) is 24.3 Å². The zero-order chi connectivity index (χ0) is 31.4. The van der Waals surface area contributed by atoms with Crippen molar-refractivity contribution in [3.63, 3.8) is 0 Å². The van der Waals surface area contributed by atoms with E-state index in [-0.39, 0.29) is 12.3 Å². The molecule has 1 heterocycles. The van der Waals surface area contributed by atoms with Crippen LogP contribution in [0, 0.1) is 5.92 Å². The van der Waals surface area contributed by atoms with Crippen LogP contribution in [0.3, 0.4) is 0 Å². The van der Waals surface area contributed by atoms with E-state index in [1.807, 2.05) is 24.3 Å². The Balaban J connectivity index is 1.41. The molecule has 3 amide bonds. The quantitative estimate of drug-likeness (QED) is 0.403. The maximum atomic E-state index is 13.4. The Morgan fingerprint density at radius 3 is 2.07 bits per heavy atom. The van der Waals surface area contributed by atoms with Crippen LogP contribution in [-0.4, -0.2) is 72.2 Å². The Bertz CT molecular complexity index is 1310. The van der Waals surface area contributed by atoms with Crippen LogP contribution in [0.1, 0.15) is 70.3 Å². The van der Waals surface area contributed by atoms with Crippen molar-refractivity contribution in [3.05, 3.63) is 59.7 Å². The molecule has 2 fully saturated rings. The zero-order valence-corrected chi connectivity index (χ0v) is 26.1. The fourth-order valence-corrected chi connectivity index (χ4v) is 4.78. The third-order valence-corrected chi connectivity index (χ3v) is 7.00. The predicted molar refractivity (Wildman–Crippen MR) is 165 cm³/mol. The number of piperazine rings is 1. The van der Waals surface area contributed by atoms with Crippen LogP contribution in [0.4, 0.5) is 16.2 Å². The molecule has 1 aliphatic heterocycles. The summed E-state index contributed by atoms with van der Waals surface area (Å²) in [5, 5.41) is 5.51. The first kappa shape index (κ1) is 32.0. The van der Waals surface area contributed by atoms with Gasteiger partial charge in [-0.15, -0.1) is 0 Å². The van der Waals surface area contributed by atoms with E-state index in [4.69, 9.17) is 9.47 Å². The van der Waals surface area contributed by atoms with Gasteiger partial charge in [-0.05, 0) is 102 Å². The second-order valence-corrected chi connectivity index (χ2v) is 13.4. The molecule has 0 radical (unpaired) electrons. The molecule has 0 unspecified atom stereocenters. The van der Waals surface area contributed by atoms with Crippen LogP contribution in [0.5, 0.6) is 0 Å². The molecule has 232 valence electrons. The molecule has 2 N–H and O–H groups in total. The Morgan fingerprint density at radius 1 is 0.884 bits per heavy atom. The number of alkyl carbamates (subject to hydrolysis) is 1. The van der Waals surface area contributed by atoms with Gasteiger partial charge in [-0.2, -0.15) is 0 Å². The molecular formula is C33H44N4O6. The lowest BCUT2D eigenvalue weighted by atomic mass is 10.0. The van der Waals surface area contributed by atoms with Crippen molar-refractivity contribution < 1.29 is 28.7 Å². The molecule has 1 saturated carbocycles. The third kappa shape index (κ3) is 10.1. The highest BCUT2D eigenvalue weighted by molar-refractivity contribution is 5.98. The van der Waals surface area contributed by atoms with Crippen molar-refractivity contribution in [1.29, 1.82) is 0 Å². The highest BCUT2D eigenvalue weighted by atomic mass is 16.6. The smallest absolute Gasteiger partial charge is 0.408 e. The summed E-state index contributed by atoms with van der Waals surface area (Å²) in [5.74, 6) is -0.0714. The van der Waals surface area contributed by atoms with Gasteiger partial charge in [-0.25, -0.2) is 9.59 Å². The van der Waals surface area contributed by atoms with Crippen molar-refractivity contribution in [1.82, 2.24) is 10.2 Å². The molecule has 0 bridgehead atoms. The van der Waals surface area contributed by atoms with E-state index in [1.54, 1.807) is 70.7 Å². The zero-order valence-electron chi connectivity index (χ0n) is 26.1. The number of amides is 3. The van der Waals surface area contributed by atoms with Crippen LogP contribution in [0.2, 0.25) is 0 Å². The summed E-state index contributed by atoms with van der Waals surface area (Å²) in [6, 6.07) is 12.9. The maximum absolute atomic E-state index is 13.4. The Morgan fingerprint density at radius 2 is 1.51 bits per heavy atom. The first-order valence-electron chi connectivity index (χ1n) is 14.9. The number of nitrogens with one attached hydrogen (secondary N) is 2. The normalized spacial score (nSPS) is 16.8. The highest BCUT2D eigenvalue weighted by Crippen LogP contribution is 2.30. The van der Waals surface area contributed by atoms with Gasteiger partial charge < -0.3 is 25.0 Å². The number of hydrogen-bond donors (Lipinski definition) is 2. The standard InChI is InChI=1S/C33H44N4O6/c1-32(2,3)42-30(40)24-11-13-25(14-12-24)34-29(39)27(35-31(41)43-33(4,5)6)19-22-9-15-26(16-10-22)37-18-17-36(21-28(37)38)20-23-7-8-23/h9-16,23,27H,7-8,17-21H2,1-6H3,(H,34,39)(H,35,41)/t27-/m0/s1. The fourth-order valence-electron chi connectivity index (χ4n) is 4.78. The number of ether oxygens (including phenoxy) is 2. The fraction of sp³-hybridized carbons (Fsp3) is 0.515. The number of carbonyl (C=O) groups is 4. The monoisotopic (exact) mass is 592 g/mol. The molecule has 43 heavy (non-hydrogen) atoms. The molecule has 2 aromatic rings. The molecular weight excluding hydrogens is 548 g/mol. The number of esters is 1. The minimum atomic E-state index is -0.946. The van der Waals surface area contributed by atoms with Crippen LogP contribution < -0.4 is 15.5 Å². The van der Waals surface area contributed by atoms with Crippen LogP contribution >= 0.6 is 0 Å². The van der Waals surface area contributed by atoms with E-state index in [2.05, 4.69) is 15.5 Å². The first-order chi connectivity index (χ1) is 20.1. The van der Waals surface area contributed by atoms with Crippen molar-refractivity contribution in [2.75, 3.05) is 36.4 Å². The number of nitrogens with zero attached hydrogens (tertiary/aromatic N) is 2. The van der Waals surface area contributed by atoms with Gasteiger partial charge in [-0.1, -0.05) is 12.1 Å². The summed E-state index contributed by atoms with van der Waals surface area (Å²) < 4.78 is 10.8. The SMILES string of the molecule is CC(C)(C)OC(=O)N[C@@H](Cc1ccc(N2CCN(CC3CC3)CC2=O)cc1)C(=O)Nc1ccc(C(=O)OC(C)(C)C)cc1. The molecule has 2 aromatic carbocycles.